The molecule has 0 amide bonds. The van der Waals surface area contributed by atoms with Crippen molar-refractivity contribution in [3.63, 3.8) is 0 Å². The van der Waals surface area contributed by atoms with Gasteiger partial charge in [-0.25, -0.2) is 0 Å². The van der Waals surface area contributed by atoms with Gasteiger partial charge in [-0.15, -0.1) is 0 Å². The molecule has 0 aliphatic heterocycles. The van der Waals surface area contributed by atoms with Gasteiger partial charge < -0.3 is 5.73 Å². The molecular formula is C10H19N. The van der Waals surface area contributed by atoms with Crippen LogP contribution < -0.4 is 5.73 Å². The van der Waals surface area contributed by atoms with Gasteiger partial charge >= 0.3 is 0 Å². The van der Waals surface area contributed by atoms with Crippen molar-refractivity contribution in [1.29, 1.82) is 0 Å². The highest BCUT2D eigenvalue weighted by atomic mass is 14.6. The fourth-order valence-electron chi connectivity index (χ4n) is 2.87. The lowest BCUT2D eigenvalue weighted by Gasteiger charge is -2.14. The molecule has 0 aromatic heterocycles. The largest absolute Gasteiger partial charge is 0.328 e. The van der Waals surface area contributed by atoms with Crippen LogP contribution in [0, 0.1) is 11.8 Å². The Balaban J connectivity index is 1.95. The van der Waals surface area contributed by atoms with Crippen molar-refractivity contribution >= 4 is 0 Å². The number of fused-ring (bicyclic) bond motifs is 1. The molecule has 11 heavy (non-hydrogen) atoms. The molecule has 2 fully saturated rings. The third-order valence-electron chi connectivity index (χ3n) is 3.63. The van der Waals surface area contributed by atoms with Gasteiger partial charge in [0.25, 0.3) is 0 Å². The van der Waals surface area contributed by atoms with E-state index in [9.17, 15) is 0 Å². The SMILES string of the molecule is NC1CCC2CCCC2CC1. The van der Waals surface area contributed by atoms with Crippen molar-refractivity contribution in [3.05, 3.63) is 0 Å². The summed E-state index contributed by atoms with van der Waals surface area (Å²) in [6.07, 6.45) is 9.92. The van der Waals surface area contributed by atoms with Crippen LogP contribution in [-0.2, 0) is 0 Å². The summed E-state index contributed by atoms with van der Waals surface area (Å²) in [4.78, 5) is 0. The molecule has 2 aliphatic rings. The van der Waals surface area contributed by atoms with E-state index in [2.05, 4.69) is 0 Å². The number of nitrogens with two attached hydrogens (primary N) is 1. The highest BCUT2D eigenvalue weighted by molar-refractivity contribution is 4.83. The van der Waals surface area contributed by atoms with Gasteiger partial charge in [0, 0.05) is 6.04 Å². The second-order valence-electron chi connectivity index (χ2n) is 4.37. The molecule has 0 radical (unpaired) electrons. The highest BCUT2D eigenvalue weighted by Gasteiger charge is 2.29. The van der Waals surface area contributed by atoms with E-state index in [-0.39, 0.29) is 0 Å². The molecule has 2 atom stereocenters. The first-order valence-electron chi connectivity index (χ1n) is 5.12. The van der Waals surface area contributed by atoms with Crippen LogP contribution in [0.4, 0.5) is 0 Å². The Kier molecular flexibility index (Phi) is 2.17. The van der Waals surface area contributed by atoms with Crippen molar-refractivity contribution < 1.29 is 0 Å². The molecule has 0 aromatic rings. The molecule has 0 spiro atoms. The van der Waals surface area contributed by atoms with Gasteiger partial charge in [0.05, 0.1) is 0 Å². The lowest BCUT2D eigenvalue weighted by atomic mass is 9.92. The van der Waals surface area contributed by atoms with Gasteiger partial charge in [0.1, 0.15) is 0 Å². The van der Waals surface area contributed by atoms with E-state index in [1.807, 2.05) is 0 Å². The summed E-state index contributed by atoms with van der Waals surface area (Å²) in [5, 5.41) is 0. The Morgan fingerprint density at radius 2 is 1.27 bits per heavy atom. The minimum absolute atomic E-state index is 0.528. The van der Waals surface area contributed by atoms with Gasteiger partial charge in [-0.2, -0.15) is 0 Å². The lowest BCUT2D eigenvalue weighted by Crippen LogP contribution is -2.18. The van der Waals surface area contributed by atoms with Crippen LogP contribution in [0.3, 0.4) is 0 Å². The van der Waals surface area contributed by atoms with Crippen LogP contribution in [-0.4, -0.2) is 6.04 Å². The Morgan fingerprint density at radius 1 is 0.727 bits per heavy atom. The first-order chi connectivity index (χ1) is 5.36. The Morgan fingerprint density at radius 3 is 1.82 bits per heavy atom. The highest BCUT2D eigenvalue weighted by Crippen LogP contribution is 2.40. The molecule has 0 bridgehead atoms. The third kappa shape index (κ3) is 1.58. The Labute approximate surface area is 69.4 Å². The second kappa shape index (κ2) is 3.14. The Hall–Kier alpha value is -0.0400. The minimum atomic E-state index is 0.528. The average molecular weight is 153 g/mol. The quantitative estimate of drug-likeness (QED) is 0.568. The monoisotopic (exact) mass is 153 g/mol. The molecule has 64 valence electrons. The fraction of sp³-hybridized carbons (Fsp3) is 1.00. The fourth-order valence-corrected chi connectivity index (χ4v) is 2.87. The maximum absolute atomic E-state index is 5.94. The topological polar surface area (TPSA) is 26.0 Å². The predicted octanol–water partition coefficient (Wildman–Crippen LogP) is 2.30. The average Bonchev–Trinajstić information content (AvgIpc) is 2.38. The van der Waals surface area contributed by atoms with Gasteiger partial charge in [0.2, 0.25) is 0 Å². The van der Waals surface area contributed by atoms with Crippen molar-refractivity contribution in [2.24, 2.45) is 17.6 Å². The van der Waals surface area contributed by atoms with Crippen LogP contribution >= 0.6 is 0 Å². The van der Waals surface area contributed by atoms with E-state index < -0.39 is 0 Å². The molecule has 0 aromatic carbocycles. The number of hydrogen-bond acceptors (Lipinski definition) is 1. The van der Waals surface area contributed by atoms with E-state index in [4.69, 9.17) is 5.73 Å². The first-order valence-corrected chi connectivity index (χ1v) is 5.12. The van der Waals surface area contributed by atoms with Gasteiger partial charge in [-0.05, 0) is 37.5 Å². The van der Waals surface area contributed by atoms with Crippen LogP contribution in [0.15, 0.2) is 0 Å². The zero-order valence-electron chi connectivity index (χ0n) is 7.26. The summed E-state index contributed by atoms with van der Waals surface area (Å²) in [7, 11) is 0. The Bertz CT molecular complexity index is 119. The molecule has 2 unspecified atom stereocenters. The van der Waals surface area contributed by atoms with Gasteiger partial charge in [-0.3, -0.25) is 0 Å². The number of hydrogen-bond donors (Lipinski definition) is 1. The lowest BCUT2D eigenvalue weighted by molar-refractivity contribution is 0.367. The standard InChI is InChI=1S/C10H19N/c11-10-6-4-8-2-1-3-9(8)5-7-10/h8-10H,1-7,11H2. The van der Waals surface area contributed by atoms with E-state index in [0.29, 0.717) is 6.04 Å². The summed E-state index contributed by atoms with van der Waals surface area (Å²) in [5.74, 6) is 2.12. The maximum atomic E-state index is 5.94. The smallest absolute Gasteiger partial charge is 0.00390 e. The summed E-state index contributed by atoms with van der Waals surface area (Å²) in [6.45, 7) is 0. The van der Waals surface area contributed by atoms with Crippen LogP contribution in [0.1, 0.15) is 44.9 Å². The molecule has 1 heteroatoms. The number of rotatable bonds is 0. The maximum Gasteiger partial charge on any atom is 0.00390 e. The molecule has 2 N–H and O–H groups in total. The molecule has 2 aliphatic carbocycles. The molecule has 0 heterocycles. The van der Waals surface area contributed by atoms with Gasteiger partial charge in [0.15, 0.2) is 0 Å². The molecule has 1 nitrogen and oxygen atoms in total. The second-order valence-corrected chi connectivity index (χ2v) is 4.37. The summed E-state index contributed by atoms with van der Waals surface area (Å²) in [5.41, 5.74) is 5.94. The third-order valence-corrected chi connectivity index (χ3v) is 3.63. The zero-order valence-corrected chi connectivity index (χ0v) is 7.26. The summed E-state index contributed by atoms with van der Waals surface area (Å²) in [6, 6.07) is 0.528. The zero-order chi connectivity index (χ0) is 7.68. The van der Waals surface area contributed by atoms with Gasteiger partial charge in [-0.1, -0.05) is 19.3 Å². The van der Waals surface area contributed by atoms with Crippen molar-refractivity contribution in [2.45, 2.75) is 51.0 Å². The molecule has 2 rings (SSSR count). The minimum Gasteiger partial charge on any atom is -0.328 e. The van der Waals surface area contributed by atoms with Crippen LogP contribution in [0.5, 0.6) is 0 Å². The summed E-state index contributed by atoms with van der Waals surface area (Å²) < 4.78 is 0. The van der Waals surface area contributed by atoms with Crippen molar-refractivity contribution in [1.82, 2.24) is 0 Å². The van der Waals surface area contributed by atoms with Crippen molar-refractivity contribution in [2.75, 3.05) is 0 Å². The van der Waals surface area contributed by atoms with Crippen LogP contribution in [0.25, 0.3) is 0 Å². The summed E-state index contributed by atoms with van der Waals surface area (Å²) >= 11 is 0. The molecular weight excluding hydrogens is 134 g/mol. The van der Waals surface area contributed by atoms with E-state index in [1.165, 1.54) is 44.9 Å². The van der Waals surface area contributed by atoms with E-state index >= 15 is 0 Å². The first kappa shape index (κ1) is 7.60. The van der Waals surface area contributed by atoms with E-state index in [0.717, 1.165) is 11.8 Å². The van der Waals surface area contributed by atoms with Crippen LogP contribution in [0.2, 0.25) is 0 Å². The molecule has 0 saturated heterocycles. The van der Waals surface area contributed by atoms with E-state index in [1.54, 1.807) is 0 Å². The predicted molar refractivity (Wildman–Crippen MR) is 47.3 cm³/mol. The van der Waals surface area contributed by atoms with Crippen molar-refractivity contribution in [3.8, 4) is 0 Å². The normalized spacial score (nSPS) is 45.0. The molecule has 2 saturated carbocycles.